The first-order valence-electron chi connectivity index (χ1n) is 8.58. The van der Waals surface area contributed by atoms with E-state index in [0.717, 1.165) is 39.1 Å². The third-order valence-corrected chi connectivity index (χ3v) is 4.89. The average molecular weight is 328 g/mol. The number of nitrogens with one attached hydrogen (secondary N) is 1. The molecule has 2 saturated heterocycles. The maximum atomic E-state index is 6.26. The monoisotopic (exact) mass is 328 g/mol. The average Bonchev–Trinajstić information content (AvgIpc) is 3.15. The van der Waals surface area contributed by atoms with Crippen molar-refractivity contribution < 1.29 is 4.74 Å². The number of anilines is 1. The van der Waals surface area contributed by atoms with E-state index in [1.54, 1.807) is 12.4 Å². The lowest BCUT2D eigenvalue weighted by Crippen LogP contribution is -2.47. The molecule has 0 aliphatic carbocycles. The van der Waals surface area contributed by atoms with Gasteiger partial charge in [-0.3, -0.25) is 9.58 Å². The molecule has 0 bridgehead atoms. The predicted molar refractivity (Wildman–Crippen MR) is 90.5 cm³/mol. The van der Waals surface area contributed by atoms with Gasteiger partial charge in [-0.05, 0) is 25.5 Å². The molecule has 0 radical (unpaired) electrons. The molecule has 0 unspecified atom stereocenters. The highest BCUT2D eigenvalue weighted by Gasteiger charge is 2.43. The number of ether oxygens (including phenoxy) is 1. The summed E-state index contributed by atoms with van der Waals surface area (Å²) >= 11 is 0. The van der Waals surface area contributed by atoms with Gasteiger partial charge >= 0.3 is 0 Å². The zero-order valence-electron chi connectivity index (χ0n) is 14.1. The summed E-state index contributed by atoms with van der Waals surface area (Å²) in [6, 6.07) is 2.11. The quantitative estimate of drug-likeness (QED) is 0.916. The Balaban J connectivity index is 1.36. The number of hydrogen-bond donors (Lipinski definition) is 1. The van der Waals surface area contributed by atoms with Crippen LogP contribution in [0.25, 0.3) is 0 Å². The molecule has 0 saturated carbocycles. The third-order valence-electron chi connectivity index (χ3n) is 4.89. The molecule has 4 rings (SSSR count). The van der Waals surface area contributed by atoms with Crippen LogP contribution in [0.3, 0.4) is 0 Å². The van der Waals surface area contributed by atoms with Crippen LogP contribution in [0.15, 0.2) is 30.9 Å². The molecule has 2 aliphatic heterocycles. The van der Waals surface area contributed by atoms with E-state index in [-0.39, 0.29) is 11.6 Å². The van der Waals surface area contributed by atoms with E-state index in [4.69, 9.17) is 4.74 Å². The van der Waals surface area contributed by atoms with Crippen LogP contribution >= 0.6 is 0 Å². The van der Waals surface area contributed by atoms with Gasteiger partial charge in [0.15, 0.2) is 0 Å². The van der Waals surface area contributed by atoms with Crippen LogP contribution in [0.2, 0.25) is 0 Å². The van der Waals surface area contributed by atoms with Crippen LogP contribution < -0.4 is 5.32 Å². The number of likely N-dealkylation sites (tertiary alicyclic amines) is 1. The Kier molecular flexibility index (Phi) is 4.20. The fraction of sp³-hybridized carbons (Fsp3) is 0.588. The maximum Gasteiger partial charge on any atom is 0.222 e. The molecule has 1 spiro atoms. The zero-order chi connectivity index (χ0) is 16.4. The SMILES string of the molecule is Cn1cc(CN2CCC[C@]3(C[C@H](Nc4ncccn4)CO3)C2)cn1. The third kappa shape index (κ3) is 3.42. The summed E-state index contributed by atoms with van der Waals surface area (Å²) in [5.41, 5.74) is 1.23. The van der Waals surface area contributed by atoms with Gasteiger partial charge in [0.25, 0.3) is 0 Å². The topological polar surface area (TPSA) is 68.1 Å². The lowest BCUT2D eigenvalue weighted by atomic mass is 9.88. The molecule has 2 aromatic rings. The minimum Gasteiger partial charge on any atom is -0.371 e. The Labute approximate surface area is 142 Å². The summed E-state index contributed by atoms with van der Waals surface area (Å²) in [5.74, 6) is 0.686. The van der Waals surface area contributed by atoms with Crippen LogP contribution in [0.4, 0.5) is 5.95 Å². The Morgan fingerprint density at radius 1 is 1.38 bits per heavy atom. The number of piperidine rings is 1. The van der Waals surface area contributed by atoms with Crippen molar-refractivity contribution in [3.8, 4) is 0 Å². The first-order chi connectivity index (χ1) is 11.7. The molecule has 2 fully saturated rings. The standard InChI is InChI=1S/C17H24N6O/c1-22-10-14(9-20-22)11-23-7-2-4-17(13-23)8-15(12-24-17)21-16-18-5-3-6-19-16/h3,5-6,9-10,15H,2,4,7-8,11-13H2,1H3,(H,18,19,21)/t15-,17-/m0/s1. The van der Waals surface area contributed by atoms with Crippen molar-refractivity contribution in [1.82, 2.24) is 24.6 Å². The van der Waals surface area contributed by atoms with Crippen LogP contribution in [-0.2, 0) is 18.3 Å². The van der Waals surface area contributed by atoms with E-state index in [0.29, 0.717) is 5.95 Å². The van der Waals surface area contributed by atoms with Crippen molar-refractivity contribution in [1.29, 1.82) is 0 Å². The van der Waals surface area contributed by atoms with E-state index in [2.05, 4.69) is 31.5 Å². The molecule has 24 heavy (non-hydrogen) atoms. The lowest BCUT2D eigenvalue weighted by Gasteiger charge is -2.39. The highest BCUT2D eigenvalue weighted by Crippen LogP contribution is 2.35. The molecular formula is C17H24N6O. The summed E-state index contributed by atoms with van der Waals surface area (Å²) in [7, 11) is 1.96. The normalized spacial score (nSPS) is 27.6. The zero-order valence-corrected chi connectivity index (χ0v) is 14.1. The number of aromatic nitrogens is 4. The summed E-state index contributed by atoms with van der Waals surface area (Å²) in [4.78, 5) is 11.0. The number of rotatable bonds is 4. The van der Waals surface area contributed by atoms with Crippen LogP contribution in [0, 0.1) is 0 Å². The van der Waals surface area contributed by atoms with E-state index < -0.39 is 0 Å². The summed E-state index contributed by atoms with van der Waals surface area (Å²) < 4.78 is 8.12. The Bertz CT molecular complexity index is 675. The van der Waals surface area contributed by atoms with E-state index in [1.807, 2.05) is 24.0 Å². The van der Waals surface area contributed by atoms with Crippen molar-refractivity contribution in [2.24, 2.45) is 7.05 Å². The van der Waals surface area contributed by atoms with Gasteiger partial charge in [-0.1, -0.05) is 0 Å². The summed E-state index contributed by atoms with van der Waals surface area (Å²) in [5, 5.41) is 7.67. The fourth-order valence-corrected chi connectivity index (χ4v) is 3.91. The van der Waals surface area contributed by atoms with Gasteiger partial charge in [0.1, 0.15) is 0 Å². The van der Waals surface area contributed by atoms with Crippen molar-refractivity contribution in [3.63, 3.8) is 0 Å². The minimum atomic E-state index is -0.0348. The molecule has 1 N–H and O–H groups in total. The molecule has 128 valence electrons. The molecule has 0 aromatic carbocycles. The predicted octanol–water partition coefficient (Wildman–Crippen LogP) is 1.45. The Morgan fingerprint density at radius 3 is 3.04 bits per heavy atom. The molecule has 2 aliphatic rings. The first-order valence-corrected chi connectivity index (χ1v) is 8.58. The molecule has 2 aromatic heterocycles. The summed E-state index contributed by atoms with van der Waals surface area (Å²) in [6.07, 6.45) is 10.9. The van der Waals surface area contributed by atoms with Crippen molar-refractivity contribution in [2.75, 3.05) is 25.0 Å². The van der Waals surface area contributed by atoms with Crippen LogP contribution in [-0.4, -0.2) is 56.0 Å². The van der Waals surface area contributed by atoms with Gasteiger partial charge in [-0.15, -0.1) is 0 Å². The van der Waals surface area contributed by atoms with Crippen LogP contribution in [0.1, 0.15) is 24.8 Å². The second-order valence-electron chi connectivity index (χ2n) is 6.95. The molecule has 7 nitrogen and oxygen atoms in total. The van der Waals surface area contributed by atoms with E-state index in [9.17, 15) is 0 Å². The molecule has 2 atom stereocenters. The number of hydrogen-bond acceptors (Lipinski definition) is 6. The van der Waals surface area contributed by atoms with Gasteiger partial charge in [0.05, 0.1) is 24.4 Å². The van der Waals surface area contributed by atoms with Gasteiger partial charge < -0.3 is 10.1 Å². The molecular weight excluding hydrogens is 304 g/mol. The van der Waals surface area contributed by atoms with Gasteiger partial charge in [-0.2, -0.15) is 5.10 Å². The number of nitrogens with zero attached hydrogens (tertiary/aromatic N) is 5. The second kappa shape index (κ2) is 6.49. The Hall–Kier alpha value is -1.99. The molecule has 7 heteroatoms. The highest BCUT2D eigenvalue weighted by molar-refractivity contribution is 5.25. The fourth-order valence-electron chi connectivity index (χ4n) is 3.91. The Morgan fingerprint density at radius 2 is 2.25 bits per heavy atom. The highest BCUT2D eigenvalue weighted by atomic mass is 16.5. The molecule has 4 heterocycles. The van der Waals surface area contributed by atoms with Crippen LogP contribution in [0.5, 0.6) is 0 Å². The molecule has 0 amide bonds. The second-order valence-corrected chi connectivity index (χ2v) is 6.95. The van der Waals surface area contributed by atoms with E-state index >= 15 is 0 Å². The van der Waals surface area contributed by atoms with Crippen molar-refractivity contribution in [3.05, 3.63) is 36.4 Å². The van der Waals surface area contributed by atoms with Crippen molar-refractivity contribution >= 4 is 5.95 Å². The summed E-state index contributed by atoms with van der Waals surface area (Å²) in [6.45, 7) is 3.77. The van der Waals surface area contributed by atoms with Gasteiger partial charge in [0, 0.05) is 50.7 Å². The minimum absolute atomic E-state index is 0.0348. The van der Waals surface area contributed by atoms with Gasteiger partial charge in [-0.25, -0.2) is 9.97 Å². The van der Waals surface area contributed by atoms with Crippen molar-refractivity contribution in [2.45, 2.75) is 37.5 Å². The van der Waals surface area contributed by atoms with Gasteiger partial charge in [0.2, 0.25) is 5.95 Å². The van der Waals surface area contributed by atoms with E-state index in [1.165, 1.54) is 12.0 Å². The first kappa shape index (κ1) is 15.5. The number of aryl methyl sites for hydroxylation is 1. The lowest BCUT2D eigenvalue weighted by molar-refractivity contribution is -0.0533. The largest absolute Gasteiger partial charge is 0.371 e. The smallest absolute Gasteiger partial charge is 0.222 e. The maximum absolute atomic E-state index is 6.26.